The first-order valence-electron chi connectivity index (χ1n) is 9.48. The Labute approximate surface area is 168 Å². The van der Waals surface area contributed by atoms with E-state index in [-0.39, 0.29) is 41.1 Å². The molecule has 3 atom stereocenters. The second-order valence-electron chi connectivity index (χ2n) is 7.66. The molecule has 0 bridgehead atoms. The second kappa shape index (κ2) is 7.55. The second-order valence-corrected chi connectivity index (χ2v) is 8.07. The molecule has 2 amide bonds. The minimum Gasteiger partial charge on any atom is -0.342 e. The predicted octanol–water partition coefficient (Wildman–Crippen LogP) is 3.70. The van der Waals surface area contributed by atoms with E-state index in [9.17, 15) is 14.0 Å². The van der Waals surface area contributed by atoms with Crippen molar-refractivity contribution >= 4 is 23.4 Å². The van der Waals surface area contributed by atoms with Gasteiger partial charge in [-0.2, -0.15) is 0 Å². The van der Waals surface area contributed by atoms with Gasteiger partial charge in [0.15, 0.2) is 0 Å². The average Bonchev–Trinajstić information content (AvgIpc) is 3.22. The molecule has 2 fully saturated rings. The smallest absolute Gasteiger partial charge is 0.227 e. The number of fused-ring (bicyclic) bond motifs is 1. The van der Waals surface area contributed by atoms with Crippen LogP contribution in [0.25, 0.3) is 0 Å². The summed E-state index contributed by atoms with van der Waals surface area (Å²) in [6, 6.07) is 14.1. The molecular formula is C22H22ClFN2O2. The number of rotatable bonds is 3. The van der Waals surface area contributed by atoms with Crippen molar-refractivity contribution in [2.24, 2.45) is 11.8 Å². The predicted molar refractivity (Wildman–Crippen MR) is 105 cm³/mol. The zero-order chi connectivity index (χ0) is 19.8. The topological polar surface area (TPSA) is 40.6 Å². The van der Waals surface area contributed by atoms with E-state index in [0.29, 0.717) is 25.2 Å². The van der Waals surface area contributed by atoms with E-state index < -0.39 is 5.82 Å². The van der Waals surface area contributed by atoms with Gasteiger partial charge in [0, 0.05) is 43.4 Å². The van der Waals surface area contributed by atoms with E-state index in [1.54, 1.807) is 13.0 Å². The van der Waals surface area contributed by atoms with E-state index in [4.69, 9.17) is 11.6 Å². The molecule has 0 aromatic heterocycles. The molecule has 2 aliphatic heterocycles. The van der Waals surface area contributed by atoms with Gasteiger partial charge in [-0.15, -0.1) is 0 Å². The van der Waals surface area contributed by atoms with Crippen LogP contribution in [0.15, 0.2) is 48.5 Å². The lowest BCUT2D eigenvalue weighted by atomic mass is 9.89. The molecule has 2 aromatic carbocycles. The van der Waals surface area contributed by atoms with E-state index in [1.807, 2.05) is 40.1 Å². The first-order valence-corrected chi connectivity index (χ1v) is 9.85. The maximum Gasteiger partial charge on any atom is 0.227 e. The van der Waals surface area contributed by atoms with Crippen LogP contribution in [-0.4, -0.2) is 41.2 Å². The van der Waals surface area contributed by atoms with Gasteiger partial charge in [-0.1, -0.05) is 48.0 Å². The number of hydrogen-bond donors (Lipinski definition) is 0. The maximum atomic E-state index is 13.2. The fourth-order valence-corrected chi connectivity index (χ4v) is 4.82. The van der Waals surface area contributed by atoms with E-state index in [1.165, 1.54) is 12.1 Å². The SMILES string of the molecule is CC(=O)N1C[C@H]2CN(C(=O)Cc3ccc(F)cc3Cl)C[C@H]2[C@@H]1c1ccccc1. The molecule has 2 saturated heterocycles. The summed E-state index contributed by atoms with van der Waals surface area (Å²) in [7, 11) is 0. The highest BCUT2D eigenvalue weighted by Crippen LogP contribution is 2.45. The van der Waals surface area contributed by atoms with Gasteiger partial charge in [-0.05, 0) is 23.3 Å². The fraction of sp³-hybridized carbons (Fsp3) is 0.364. The molecule has 4 rings (SSSR count). The van der Waals surface area contributed by atoms with Crippen LogP contribution >= 0.6 is 11.6 Å². The first-order chi connectivity index (χ1) is 13.4. The van der Waals surface area contributed by atoms with Gasteiger partial charge in [-0.25, -0.2) is 4.39 Å². The molecule has 146 valence electrons. The van der Waals surface area contributed by atoms with Crippen molar-refractivity contribution in [2.75, 3.05) is 19.6 Å². The molecule has 2 aliphatic rings. The number of likely N-dealkylation sites (tertiary alicyclic amines) is 2. The Bertz CT molecular complexity index is 905. The van der Waals surface area contributed by atoms with Crippen LogP contribution < -0.4 is 0 Å². The van der Waals surface area contributed by atoms with Gasteiger partial charge < -0.3 is 9.80 Å². The number of hydrogen-bond acceptors (Lipinski definition) is 2. The highest BCUT2D eigenvalue weighted by Gasteiger charge is 2.49. The van der Waals surface area contributed by atoms with Gasteiger partial charge >= 0.3 is 0 Å². The fourth-order valence-electron chi connectivity index (χ4n) is 4.59. The van der Waals surface area contributed by atoms with Gasteiger partial charge in [0.05, 0.1) is 12.5 Å². The van der Waals surface area contributed by atoms with Gasteiger partial charge in [0.2, 0.25) is 11.8 Å². The Morgan fingerprint density at radius 2 is 1.86 bits per heavy atom. The largest absolute Gasteiger partial charge is 0.342 e. The molecular weight excluding hydrogens is 379 g/mol. The Morgan fingerprint density at radius 3 is 2.54 bits per heavy atom. The number of amides is 2. The molecule has 0 saturated carbocycles. The van der Waals surface area contributed by atoms with Gasteiger partial charge in [0.25, 0.3) is 0 Å². The van der Waals surface area contributed by atoms with Crippen LogP contribution in [-0.2, 0) is 16.0 Å². The zero-order valence-electron chi connectivity index (χ0n) is 15.6. The molecule has 0 radical (unpaired) electrons. The number of carbonyl (C=O) groups is 2. The maximum absolute atomic E-state index is 13.2. The summed E-state index contributed by atoms with van der Waals surface area (Å²) in [5.74, 6) is 0.135. The van der Waals surface area contributed by atoms with E-state index >= 15 is 0 Å². The summed E-state index contributed by atoms with van der Waals surface area (Å²) < 4.78 is 13.2. The highest BCUT2D eigenvalue weighted by atomic mass is 35.5. The molecule has 0 N–H and O–H groups in total. The Morgan fingerprint density at radius 1 is 1.11 bits per heavy atom. The summed E-state index contributed by atoms with van der Waals surface area (Å²) >= 11 is 6.08. The van der Waals surface area contributed by atoms with Crippen LogP contribution in [0.4, 0.5) is 4.39 Å². The molecule has 28 heavy (non-hydrogen) atoms. The van der Waals surface area contributed by atoms with Gasteiger partial charge in [-0.3, -0.25) is 9.59 Å². The number of halogens is 2. The monoisotopic (exact) mass is 400 g/mol. The lowest BCUT2D eigenvalue weighted by Gasteiger charge is -2.29. The van der Waals surface area contributed by atoms with Crippen molar-refractivity contribution in [3.63, 3.8) is 0 Å². The standard InChI is InChI=1S/C22H22ClFN2O2/c1-14(27)26-12-17-11-25(13-19(17)22(26)15-5-3-2-4-6-15)21(28)9-16-7-8-18(24)10-20(16)23/h2-8,10,17,19,22H,9,11-13H2,1H3/t17-,19-,22+/m1/s1. The van der Waals surface area contributed by atoms with Crippen molar-refractivity contribution in [2.45, 2.75) is 19.4 Å². The molecule has 6 heteroatoms. The summed E-state index contributed by atoms with van der Waals surface area (Å²) in [6.07, 6.45) is 0.158. The molecule has 0 spiro atoms. The van der Waals surface area contributed by atoms with Crippen molar-refractivity contribution in [3.05, 3.63) is 70.5 Å². The van der Waals surface area contributed by atoms with Crippen LogP contribution in [0.3, 0.4) is 0 Å². The number of carbonyl (C=O) groups excluding carboxylic acids is 2. The number of nitrogens with zero attached hydrogens (tertiary/aromatic N) is 2. The summed E-state index contributed by atoms with van der Waals surface area (Å²) in [4.78, 5) is 28.8. The van der Waals surface area contributed by atoms with E-state index in [0.717, 1.165) is 5.56 Å². The van der Waals surface area contributed by atoms with Crippen LogP contribution in [0.5, 0.6) is 0 Å². The third-order valence-corrected chi connectivity index (χ3v) is 6.27. The summed E-state index contributed by atoms with van der Waals surface area (Å²) in [6.45, 7) is 3.53. The molecule has 4 nitrogen and oxygen atoms in total. The Hall–Kier alpha value is -2.40. The number of benzene rings is 2. The minimum atomic E-state index is -0.410. The van der Waals surface area contributed by atoms with Crippen molar-refractivity contribution in [1.82, 2.24) is 9.80 Å². The zero-order valence-corrected chi connectivity index (χ0v) is 16.4. The van der Waals surface area contributed by atoms with Gasteiger partial charge in [0.1, 0.15) is 5.82 Å². The summed E-state index contributed by atoms with van der Waals surface area (Å²) in [5.41, 5.74) is 1.75. The van der Waals surface area contributed by atoms with Crippen molar-refractivity contribution < 1.29 is 14.0 Å². The van der Waals surface area contributed by atoms with Crippen LogP contribution in [0.2, 0.25) is 5.02 Å². The van der Waals surface area contributed by atoms with Crippen LogP contribution in [0, 0.1) is 17.7 Å². The van der Waals surface area contributed by atoms with Crippen molar-refractivity contribution in [3.8, 4) is 0 Å². The molecule has 2 aromatic rings. The highest BCUT2D eigenvalue weighted by molar-refractivity contribution is 6.31. The lowest BCUT2D eigenvalue weighted by Crippen LogP contribution is -2.37. The Balaban J connectivity index is 1.51. The van der Waals surface area contributed by atoms with E-state index in [2.05, 4.69) is 0 Å². The first kappa shape index (κ1) is 18.9. The summed E-state index contributed by atoms with van der Waals surface area (Å²) in [5, 5.41) is 0.276. The third kappa shape index (κ3) is 3.51. The quantitative estimate of drug-likeness (QED) is 0.788. The average molecular weight is 401 g/mol. The third-order valence-electron chi connectivity index (χ3n) is 5.92. The lowest BCUT2D eigenvalue weighted by molar-refractivity contribution is -0.131. The minimum absolute atomic E-state index is 0.00379. The Kier molecular flexibility index (Phi) is 5.11. The molecule has 2 heterocycles. The molecule has 0 unspecified atom stereocenters. The van der Waals surface area contributed by atoms with Crippen LogP contribution in [0.1, 0.15) is 24.1 Å². The molecule has 0 aliphatic carbocycles. The normalized spacial score (nSPS) is 23.8. The van der Waals surface area contributed by atoms with Crippen molar-refractivity contribution in [1.29, 1.82) is 0 Å².